The minimum absolute atomic E-state index is 0. The highest BCUT2D eigenvalue weighted by atomic mass is 35.5. The van der Waals surface area contributed by atoms with Gasteiger partial charge in [-0.1, -0.05) is 12.1 Å². The van der Waals surface area contributed by atoms with Gasteiger partial charge in [0.2, 0.25) is 0 Å². The molecule has 0 amide bonds. The molecule has 0 spiro atoms. The molecule has 1 aliphatic rings. The Labute approximate surface area is 118 Å². The van der Waals surface area contributed by atoms with Crippen molar-refractivity contribution >= 4 is 12.4 Å². The van der Waals surface area contributed by atoms with Gasteiger partial charge in [0.25, 0.3) is 0 Å². The Morgan fingerprint density at radius 3 is 2.63 bits per heavy atom. The van der Waals surface area contributed by atoms with Gasteiger partial charge >= 0.3 is 0 Å². The summed E-state index contributed by atoms with van der Waals surface area (Å²) in [6, 6.07) is 4.18. The molecule has 1 fully saturated rings. The third-order valence-corrected chi connectivity index (χ3v) is 3.35. The predicted octanol–water partition coefficient (Wildman–Crippen LogP) is 2.26. The average Bonchev–Trinajstić information content (AvgIpc) is 2.41. The molecule has 0 unspecified atom stereocenters. The molecule has 2 rings (SSSR count). The lowest BCUT2D eigenvalue weighted by Crippen LogP contribution is -2.45. The zero-order chi connectivity index (χ0) is 13.0. The third-order valence-electron chi connectivity index (χ3n) is 3.35. The molecule has 0 aromatic heterocycles. The van der Waals surface area contributed by atoms with E-state index in [1.54, 1.807) is 12.1 Å². The van der Waals surface area contributed by atoms with Gasteiger partial charge in [0, 0.05) is 37.8 Å². The zero-order valence-electron chi connectivity index (χ0n) is 10.6. The van der Waals surface area contributed by atoms with Crippen molar-refractivity contribution in [3.05, 3.63) is 29.6 Å². The van der Waals surface area contributed by atoms with E-state index in [1.807, 2.05) is 0 Å². The molecule has 0 aliphatic carbocycles. The number of phenolic OH excluding ortho intramolecular Hbond substituents is 1. The number of benzene rings is 1. The number of aromatic hydroxyl groups is 1. The van der Waals surface area contributed by atoms with E-state index in [0.717, 1.165) is 26.2 Å². The van der Waals surface area contributed by atoms with Crippen LogP contribution >= 0.6 is 12.4 Å². The summed E-state index contributed by atoms with van der Waals surface area (Å²) in [4.78, 5) is 2.09. The predicted molar refractivity (Wildman–Crippen MR) is 73.1 cm³/mol. The van der Waals surface area contributed by atoms with Crippen LogP contribution < -0.4 is 5.32 Å². The first-order valence-corrected chi connectivity index (χ1v) is 6.22. The summed E-state index contributed by atoms with van der Waals surface area (Å²) in [5.41, 5.74) is 0.481. The number of rotatable bonds is 4. The molecule has 1 atom stereocenters. The second-order valence-corrected chi connectivity index (χ2v) is 4.46. The molecular formula is C13H19ClF2N2O. The van der Waals surface area contributed by atoms with Crippen LogP contribution in [-0.2, 0) is 0 Å². The highest BCUT2D eigenvalue weighted by Crippen LogP contribution is 2.33. The summed E-state index contributed by atoms with van der Waals surface area (Å²) in [6.07, 6.45) is 0.275. The van der Waals surface area contributed by atoms with Crippen molar-refractivity contribution in [2.75, 3.05) is 32.9 Å². The van der Waals surface area contributed by atoms with Gasteiger partial charge in [0.15, 0.2) is 11.6 Å². The van der Waals surface area contributed by atoms with E-state index in [0.29, 0.717) is 5.56 Å². The topological polar surface area (TPSA) is 35.5 Å². The lowest BCUT2D eigenvalue weighted by Gasteiger charge is -2.35. The van der Waals surface area contributed by atoms with Crippen LogP contribution in [0.2, 0.25) is 0 Å². The van der Waals surface area contributed by atoms with Crippen molar-refractivity contribution in [2.24, 2.45) is 0 Å². The van der Waals surface area contributed by atoms with E-state index in [1.165, 1.54) is 6.07 Å². The first-order chi connectivity index (χ1) is 8.74. The molecule has 1 aliphatic heterocycles. The molecule has 1 aromatic carbocycles. The van der Waals surface area contributed by atoms with Gasteiger partial charge in [-0.05, 0) is 12.5 Å². The van der Waals surface area contributed by atoms with Gasteiger partial charge in [0.05, 0.1) is 6.67 Å². The molecule has 1 heterocycles. The van der Waals surface area contributed by atoms with Crippen molar-refractivity contribution < 1.29 is 13.9 Å². The van der Waals surface area contributed by atoms with Crippen LogP contribution in [0.4, 0.5) is 8.78 Å². The largest absolute Gasteiger partial charge is 0.505 e. The molecule has 19 heavy (non-hydrogen) atoms. The minimum atomic E-state index is -0.647. The minimum Gasteiger partial charge on any atom is -0.505 e. The molecule has 1 aromatic rings. The van der Waals surface area contributed by atoms with Crippen molar-refractivity contribution in [3.8, 4) is 5.75 Å². The summed E-state index contributed by atoms with van der Waals surface area (Å²) >= 11 is 0. The van der Waals surface area contributed by atoms with E-state index in [9.17, 15) is 13.9 Å². The lowest BCUT2D eigenvalue weighted by atomic mass is 10.0. The van der Waals surface area contributed by atoms with Crippen molar-refractivity contribution in [1.29, 1.82) is 0 Å². The Morgan fingerprint density at radius 1 is 1.32 bits per heavy atom. The second-order valence-electron chi connectivity index (χ2n) is 4.46. The van der Waals surface area contributed by atoms with Gasteiger partial charge in [0.1, 0.15) is 0 Å². The highest BCUT2D eigenvalue weighted by molar-refractivity contribution is 5.85. The summed E-state index contributed by atoms with van der Waals surface area (Å²) in [7, 11) is 0. The molecule has 3 nitrogen and oxygen atoms in total. The molecule has 6 heteroatoms. The lowest BCUT2D eigenvalue weighted by molar-refractivity contribution is 0.154. The Bertz CT molecular complexity index is 400. The monoisotopic (exact) mass is 292 g/mol. The molecular weight excluding hydrogens is 274 g/mol. The fourth-order valence-corrected chi connectivity index (χ4v) is 2.43. The maximum atomic E-state index is 13.4. The van der Waals surface area contributed by atoms with Crippen molar-refractivity contribution in [1.82, 2.24) is 10.2 Å². The van der Waals surface area contributed by atoms with Gasteiger partial charge < -0.3 is 10.4 Å². The average molecular weight is 293 g/mol. The number of piperazine rings is 1. The number of hydrogen-bond donors (Lipinski definition) is 2. The number of alkyl halides is 1. The van der Waals surface area contributed by atoms with Crippen LogP contribution in [0, 0.1) is 5.82 Å². The maximum absolute atomic E-state index is 13.4. The Balaban J connectivity index is 0.00000180. The van der Waals surface area contributed by atoms with Gasteiger partial charge in [-0.15, -0.1) is 12.4 Å². The number of phenols is 1. The normalized spacial score (nSPS) is 17.8. The Hall–Kier alpha value is -0.910. The number of halogens is 3. The molecule has 108 valence electrons. The van der Waals surface area contributed by atoms with Gasteiger partial charge in [-0.2, -0.15) is 0 Å². The molecule has 0 bridgehead atoms. The van der Waals surface area contributed by atoms with E-state index in [-0.39, 0.29) is 30.6 Å². The number of nitrogens with zero attached hydrogens (tertiary/aromatic N) is 1. The van der Waals surface area contributed by atoms with E-state index >= 15 is 0 Å². The van der Waals surface area contributed by atoms with Gasteiger partial charge in [-0.3, -0.25) is 9.29 Å². The molecule has 1 saturated heterocycles. The van der Waals surface area contributed by atoms with Crippen LogP contribution in [0.15, 0.2) is 18.2 Å². The van der Waals surface area contributed by atoms with Crippen LogP contribution in [-0.4, -0.2) is 42.9 Å². The Morgan fingerprint density at radius 2 is 2.00 bits per heavy atom. The van der Waals surface area contributed by atoms with Crippen molar-refractivity contribution in [3.63, 3.8) is 0 Å². The first kappa shape index (κ1) is 16.1. The van der Waals surface area contributed by atoms with Crippen LogP contribution in [0.25, 0.3) is 0 Å². The standard InChI is InChI=1S/C13H18F2N2O.ClH/c14-5-4-12(17-8-6-16-7-9-17)10-2-1-3-11(15)13(10)18;/h1-3,12,16,18H,4-9H2;1H/t12-;/m0./s1. The van der Waals surface area contributed by atoms with Crippen LogP contribution in [0.1, 0.15) is 18.0 Å². The molecule has 0 saturated carbocycles. The summed E-state index contributed by atoms with van der Waals surface area (Å²) in [6.45, 7) is 2.74. The number of para-hydroxylation sites is 1. The fourth-order valence-electron chi connectivity index (χ4n) is 2.43. The van der Waals surface area contributed by atoms with Crippen LogP contribution in [0.5, 0.6) is 5.75 Å². The number of nitrogens with one attached hydrogen (secondary N) is 1. The molecule has 0 radical (unpaired) electrons. The summed E-state index contributed by atoms with van der Waals surface area (Å²) in [5.74, 6) is -0.999. The fraction of sp³-hybridized carbons (Fsp3) is 0.538. The number of hydrogen-bond acceptors (Lipinski definition) is 3. The first-order valence-electron chi connectivity index (χ1n) is 6.22. The highest BCUT2D eigenvalue weighted by Gasteiger charge is 2.25. The summed E-state index contributed by atoms with van der Waals surface area (Å²) in [5, 5.41) is 13.0. The van der Waals surface area contributed by atoms with Crippen molar-refractivity contribution in [2.45, 2.75) is 12.5 Å². The quantitative estimate of drug-likeness (QED) is 0.893. The van der Waals surface area contributed by atoms with Gasteiger partial charge in [-0.25, -0.2) is 4.39 Å². The van der Waals surface area contributed by atoms with E-state index < -0.39 is 12.5 Å². The maximum Gasteiger partial charge on any atom is 0.165 e. The molecule has 2 N–H and O–H groups in total. The smallest absolute Gasteiger partial charge is 0.165 e. The summed E-state index contributed by atoms with van der Waals surface area (Å²) < 4.78 is 26.1. The van der Waals surface area contributed by atoms with Crippen LogP contribution in [0.3, 0.4) is 0 Å². The SMILES string of the molecule is Cl.Oc1c(F)cccc1[C@H](CCF)N1CCNCC1. The second kappa shape index (κ2) is 7.62. The Kier molecular flexibility index (Phi) is 6.48. The third kappa shape index (κ3) is 3.78. The van der Waals surface area contributed by atoms with E-state index in [2.05, 4.69) is 10.2 Å². The zero-order valence-corrected chi connectivity index (χ0v) is 11.4. The van der Waals surface area contributed by atoms with E-state index in [4.69, 9.17) is 0 Å².